The van der Waals surface area contributed by atoms with Gasteiger partial charge in [0.15, 0.2) is 0 Å². The maximum Gasteiger partial charge on any atom is 0.346 e. The van der Waals surface area contributed by atoms with E-state index in [1.54, 1.807) is 30.5 Å². The van der Waals surface area contributed by atoms with Crippen LogP contribution >= 0.6 is 11.3 Å². The minimum atomic E-state index is -1.28. The Labute approximate surface area is 221 Å². The molecule has 9 heteroatoms. The summed E-state index contributed by atoms with van der Waals surface area (Å²) >= 11 is 0.717. The third-order valence-corrected chi connectivity index (χ3v) is 7.94. The number of aryl methyl sites for hydroxylation is 1. The lowest BCUT2D eigenvalue weighted by Gasteiger charge is -2.06. The number of aliphatic hydroxyl groups is 2. The van der Waals surface area contributed by atoms with E-state index < -0.39 is 24.1 Å². The van der Waals surface area contributed by atoms with Gasteiger partial charge in [-0.15, -0.1) is 11.3 Å². The molecular formula is C29H26N2O6S. The predicted octanol–water partition coefficient (Wildman–Crippen LogP) is 5.29. The highest BCUT2D eigenvalue weighted by atomic mass is 32.1. The molecule has 2 aromatic carbocycles. The molecular weight excluding hydrogens is 504 g/mol. The van der Waals surface area contributed by atoms with Gasteiger partial charge in [-0.05, 0) is 37.5 Å². The fourth-order valence-corrected chi connectivity index (χ4v) is 5.85. The van der Waals surface area contributed by atoms with E-state index in [1.807, 2.05) is 32.1 Å². The number of fused-ring (bicyclic) bond motifs is 2. The standard InChI is InChI=1S/C29H26N2O6S/c1-14(12-32)7-9-16-10-8-15(2)21-18(11-30-24(16)21)25(34)28-26(35)23(27(38-28)29(36)37)22-17-5-3-4-6-19(17)31-20(22)13-33/h3-8,10-11,30-33,35H,9,12-13H2,1-2H3,(H,36,37)/b14-7-. The molecule has 5 rings (SSSR count). The summed E-state index contributed by atoms with van der Waals surface area (Å²) in [7, 11) is 0. The molecule has 0 amide bonds. The van der Waals surface area contributed by atoms with E-state index in [2.05, 4.69) is 9.97 Å². The summed E-state index contributed by atoms with van der Waals surface area (Å²) in [6, 6.07) is 11.0. The smallest absolute Gasteiger partial charge is 0.346 e. The van der Waals surface area contributed by atoms with Gasteiger partial charge >= 0.3 is 5.97 Å². The molecule has 0 atom stereocenters. The Balaban J connectivity index is 1.68. The fourth-order valence-electron chi connectivity index (χ4n) is 4.86. The Kier molecular flexibility index (Phi) is 6.66. The number of allylic oxidation sites excluding steroid dienone is 1. The quantitative estimate of drug-likeness (QED) is 0.119. The van der Waals surface area contributed by atoms with Gasteiger partial charge in [0.1, 0.15) is 15.5 Å². The molecule has 0 saturated heterocycles. The lowest BCUT2D eigenvalue weighted by Crippen LogP contribution is -1.99. The number of para-hydroxylation sites is 1. The van der Waals surface area contributed by atoms with Crippen LogP contribution in [0.25, 0.3) is 32.9 Å². The van der Waals surface area contributed by atoms with Crippen LogP contribution in [-0.4, -0.2) is 48.8 Å². The largest absolute Gasteiger partial charge is 0.506 e. The van der Waals surface area contributed by atoms with Crippen molar-refractivity contribution < 1.29 is 30.0 Å². The summed E-state index contributed by atoms with van der Waals surface area (Å²) in [5.74, 6) is -2.21. The SMILES string of the molecule is C/C(=C/Cc1ccc(C)c2c(C(=O)c3sc(C(=O)O)c(-c4c(CO)[nH]c5ccccc45)c3O)c[nH]c12)CO. The van der Waals surface area contributed by atoms with Crippen molar-refractivity contribution in [2.24, 2.45) is 0 Å². The minimum Gasteiger partial charge on any atom is -0.506 e. The molecule has 194 valence electrons. The van der Waals surface area contributed by atoms with Crippen molar-refractivity contribution in [3.63, 3.8) is 0 Å². The van der Waals surface area contributed by atoms with Gasteiger partial charge in [0.2, 0.25) is 5.78 Å². The average Bonchev–Trinajstić information content (AvgIpc) is 3.61. The van der Waals surface area contributed by atoms with Gasteiger partial charge in [0, 0.05) is 44.8 Å². The number of carboxylic acid groups (broad SMARTS) is 1. The Morgan fingerprint density at radius 1 is 1.05 bits per heavy atom. The van der Waals surface area contributed by atoms with E-state index in [0.29, 0.717) is 50.9 Å². The summed E-state index contributed by atoms with van der Waals surface area (Å²) in [5, 5.41) is 42.0. The van der Waals surface area contributed by atoms with Crippen molar-refractivity contribution in [2.75, 3.05) is 6.61 Å². The number of nitrogens with one attached hydrogen (secondary N) is 2. The van der Waals surface area contributed by atoms with Crippen LogP contribution < -0.4 is 0 Å². The Bertz CT molecular complexity index is 1750. The molecule has 0 aliphatic carbocycles. The average molecular weight is 531 g/mol. The molecule has 0 bridgehead atoms. The highest BCUT2D eigenvalue weighted by Gasteiger charge is 2.31. The Hall–Kier alpha value is -4.18. The molecule has 38 heavy (non-hydrogen) atoms. The van der Waals surface area contributed by atoms with Gasteiger partial charge < -0.3 is 30.4 Å². The van der Waals surface area contributed by atoms with E-state index in [1.165, 1.54) is 0 Å². The third kappa shape index (κ3) is 4.10. The summed E-state index contributed by atoms with van der Waals surface area (Å²) in [6.07, 6.45) is 4.05. The molecule has 0 aliphatic rings. The number of aromatic hydroxyl groups is 1. The van der Waals surface area contributed by atoms with Crippen molar-refractivity contribution in [2.45, 2.75) is 26.9 Å². The highest BCUT2D eigenvalue weighted by molar-refractivity contribution is 7.17. The van der Waals surface area contributed by atoms with Gasteiger partial charge in [0.05, 0.1) is 18.8 Å². The van der Waals surface area contributed by atoms with Crippen molar-refractivity contribution in [3.05, 3.63) is 86.4 Å². The first-order valence-corrected chi connectivity index (χ1v) is 12.8. The topological polar surface area (TPSA) is 147 Å². The summed E-state index contributed by atoms with van der Waals surface area (Å²) in [5.41, 5.74) is 5.10. The monoisotopic (exact) mass is 530 g/mol. The predicted molar refractivity (Wildman–Crippen MR) is 147 cm³/mol. The zero-order valence-electron chi connectivity index (χ0n) is 20.8. The fraction of sp³-hybridized carbons (Fsp3) is 0.172. The maximum absolute atomic E-state index is 13.8. The van der Waals surface area contributed by atoms with E-state index in [0.717, 1.165) is 22.2 Å². The number of thiophene rings is 1. The minimum absolute atomic E-state index is 0.00854. The second-order valence-electron chi connectivity index (χ2n) is 9.21. The second kappa shape index (κ2) is 9.94. The van der Waals surface area contributed by atoms with Gasteiger partial charge in [-0.1, -0.05) is 42.0 Å². The maximum atomic E-state index is 13.8. The molecule has 8 nitrogen and oxygen atoms in total. The molecule has 0 fully saturated rings. The van der Waals surface area contributed by atoms with Crippen LogP contribution in [0, 0.1) is 6.92 Å². The van der Waals surface area contributed by atoms with Crippen LogP contribution in [0.1, 0.15) is 48.7 Å². The second-order valence-corrected chi connectivity index (χ2v) is 10.2. The molecule has 0 saturated carbocycles. The lowest BCUT2D eigenvalue weighted by atomic mass is 9.97. The van der Waals surface area contributed by atoms with Gasteiger partial charge in [-0.25, -0.2) is 4.79 Å². The zero-order valence-corrected chi connectivity index (χ0v) is 21.6. The third-order valence-electron chi connectivity index (χ3n) is 6.77. The lowest BCUT2D eigenvalue weighted by molar-refractivity contribution is 0.0702. The Morgan fingerprint density at radius 2 is 1.82 bits per heavy atom. The molecule has 5 aromatic rings. The van der Waals surface area contributed by atoms with Crippen molar-refractivity contribution >= 4 is 44.9 Å². The number of benzene rings is 2. The number of carbonyl (C=O) groups excluding carboxylic acids is 1. The van der Waals surface area contributed by atoms with Crippen LogP contribution in [0.3, 0.4) is 0 Å². The molecule has 0 aliphatic heterocycles. The van der Waals surface area contributed by atoms with E-state index in [-0.39, 0.29) is 21.9 Å². The number of carboxylic acids is 1. The van der Waals surface area contributed by atoms with Gasteiger partial charge in [-0.3, -0.25) is 4.79 Å². The summed E-state index contributed by atoms with van der Waals surface area (Å²) < 4.78 is 0. The number of rotatable bonds is 8. The number of aliphatic hydroxyl groups excluding tert-OH is 2. The van der Waals surface area contributed by atoms with Crippen molar-refractivity contribution in [3.8, 4) is 16.9 Å². The van der Waals surface area contributed by atoms with E-state index in [9.17, 15) is 30.0 Å². The number of aromatic amines is 2. The molecule has 3 heterocycles. The molecule has 3 aromatic heterocycles. The normalized spacial score (nSPS) is 12.1. The van der Waals surface area contributed by atoms with Crippen LogP contribution in [0.15, 0.2) is 54.2 Å². The van der Waals surface area contributed by atoms with Crippen molar-refractivity contribution in [1.82, 2.24) is 9.97 Å². The van der Waals surface area contributed by atoms with E-state index in [4.69, 9.17) is 0 Å². The summed E-state index contributed by atoms with van der Waals surface area (Å²) in [6.45, 7) is 3.27. The first kappa shape index (κ1) is 25.5. The number of hydrogen-bond acceptors (Lipinski definition) is 6. The summed E-state index contributed by atoms with van der Waals surface area (Å²) in [4.78, 5) is 32.1. The van der Waals surface area contributed by atoms with Crippen LogP contribution in [0.4, 0.5) is 0 Å². The molecule has 0 radical (unpaired) electrons. The van der Waals surface area contributed by atoms with E-state index >= 15 is 0 Å². The first-order chi connectivity index (χ1) is 18.3. The molecule has 0 unspecified atom stereocenters. The van der Waals surface area contributed by atoms with Crippen LogP contribution in [-0.2, 0) is 13.0 Å². The van der Waals surface area contributed by atoms with Crippen LogP contribution in [0.5, 0.6) is 5.75 Å². The molecule has 0 spiro atoms. The highest BCUT2D eigenvalue weighted by Crippen LogP contribution is 2.47. The molecule has 6 N–H and O–H groups in total. The number of carbonyl (C=O) groups is 2. The number of H-pyrrole nitrogens is 2. The van der Waals surface area contributed by atoms with Gasteiger partial charge in [0.25, 0.3) is 0 Å². The van der Waals surface area contributed by atoms with Crippen LogP contribution in [0.2, 0.25) is 0 Å². The number of aromatic carboxylic acids is 1. The zero-order chi connectivity index (χ0) is 27.1. The first-order valence-electron chi connectivity index (χ1n) is 12.0. The Morgan fingerprint density at radius 3 is 2.53 bits per heavy atom. The number of aromatic nitrogens is 2. The number of ketones is 1. The number of hydrogen-bond donors (Lipinski definition) is 6. The van der Waals surface area contributed by atoms with Crippen molar-refractivity contribution in [1.29, 1.82) is 0 Å². The van der Waals surface area contributed by atoms with Gasteiger partial charge in [-0.2, -0.15) is 0 Å².